The van der Waals surface area contributed by atoms with Crippen LogP contribution in [0.15, 0.2) is 78.9 Å². The number of thiophene rings is 1. The standard InChI is InChI=1S/C29H23ClFNO4S/c1-17(20-5-4-6-21(31)15-20)35-29(34)32-25-16-26(30)37-27(25)24-8-3-2-7-23(24)18-11-13-22(14-12-18)36-28(33)19-9-10-19/h2-8,11-17,19H,9-10H2,1H3,(H,32,34). The fraction of sp³-hybridized carbons (Fsp3) is 0.172. The van der Waals surface area contributed by atoms with Gasteiger partial charge in [0.2, 0.25) is 0 Å². The van der Waals surface area contributed by atoms with Crippen LogP contribution >= 0.6 is 22.9 Å². The summed E-state index contributed by atoms with van der Waals surface area (Å²) in [5.41, 5.74) is 3.77. The van der Waals surface area contributed by atoms with Crippen LogP contribution in [0.5, 0.6) is 5.75 Å². The number of hydrogen-bond acceptors (Lipinski definition) is 5. The molecule has 1 amide bonds. The van der Waals surface area contributed by atoms with E-state index in [0.29, 0.717) is 21.3 Å². The number of hydrogen-bond donors (Lipinski definition) is 1. The summed E-state index contributed by atoms with van der Waals surface area (Å²) in [4.78, 5) is 25.4. The maximum absolute atomic E-state index is 13.6. The molecule has 0 spiro atoms. The summed E-state index contributed by atoms with van der Waals surface area (Å²) in [7, 11) is 0. The first-order chi connectivity index (χ1) is 17.9. The number of rotatable bonds is 7. The molecular formula is C29H23ClFNO4S. The Morgan fingerprint density at radius 1 is 1.00 bits per heavy atom. The number of benzene rings is 3. The Labute approximate surface area is 222 Å². The van der Waals surface area contributed by atoms with Crippen molar-refractivity contribution in [2.45, 2.75) is 25.9 Å². The quantitative estimate of drug-likeness (QED) is 0.190. The molecule has 4 aromatic rings. The van der Waals surface area contributed by atoms with E-state index < -0.39 is 18.0 Å². The molecular weight excluding hydrogens is 513 g/mol. The first kappa shape index (κ1) is 25.0. The predicted molar refractivity (Wildman–Crippen MR) is 143 cm³/mol. The number of anilines is 1. The van der Waals surface area contributed by atoms with Gasteiger partial charge in [0.05, 0.1) is 20.8 Å². The van der Waals surface area contributed by atoms with Crippen LogP contribution in [0.2, 0.25) is 4.34 Å². The molecule has 1 aliphatic carbocycles. The number of nitrogens with one attached hydrogen (secondary N) is 1. The third-order valence-electron chi connectivity index (χ3n) is 6.01. The van der Waals surface area contributed by atoms with Gasteiger partial charge >= 0.3 is 12.1 Å². The molecule has 5 rings (SSSR count). The molecule has 0 radical (unpaired) electrons. The molecule has 1 fully saturated rings. The van der Waals surface area contributed by atoms with Crippen LogP contribution in [0.1, 0.15) is 31.4 Å². The molecule has 1 saturated carbocycles. The first-order valence-corrected chi connectivity index (χ1v) is 13.0. The second-order valence-corrected chi connectivity index (χ2v) is 10.5. The molecule has 3 aromatic carbocycles. The van der Waals surface area contributed by atoms with Gasteiger partial charge in [-0.15, -0.1) is 11.3 Å². The van der Waals surface area contributed by atoms with E-state index in [0.717, 1.165) is 34.4 Å². The van der Waals surface area contributed by atoms with Crippen LogP contribution in [0, 0.1) is 11.7 Å². The van der Waals surface area contributed by atoms with Crippen LogP contribution < -0.4 is 10.1 Å². The van der Waals surface area contributed by atoms with E-state index in [4.69, 9.17) is 21.1 Å². The van der Waals surface area contributed by atoms with Gasteiger partial charge in [0.25, 0.3) is 0 Å². The fourth-order valence-electron chi connectivity index (χ4n) is 3.94. The predicted octanol–water partition coefficient (Wildman–Crippen LogP) is 8.50. The number of amides is 1. The summed E-state index contributed by atoms with van der Waals surface area (Å²) in [5.74, 6) is -0.0464. The summed E-state index contributed by atoms with van der Waals surface area (Å²) in [6.07, 6.45) is 0.461. The molecule has 0 aliphatic heterocycles. The molecule has 5 nitrogen and oxygen atoms in total. The third kappa shape index (κ3) is 6.01. The highest BCUT2D eigenvalue weighted by Crippen LogP contribution is 2.43. The zero-order valence-corrected chi connectivity index (χ0v) is 21.4. The van der Waals surface area contributed by atoms with E-state index in [-0.39, 0.29) is 11.9 Å². The molecule has 37 heavy (non-hydrogen) atoms. The van der Waals surface area contributed by atoms with Crippen molar-refractivity contribution in [1.29, 1.82) is 0 Å². The molecule has 1 aromatic heterocycles. The summed E-state index contributed by atoms with van der Waals surface area (Å²) in [6.45, 7) is 1.68. The minimum atomic E-state index is -0.674. The average Bonchev–Trinajstić information content (AvgIpc) is 3.68. The van der Waals surface area contributed by atoms with Crippen LogP contribution in [0.4, 0.5) is 14.9 Å². The Bertz CT molecular complexity index is 1450. The summed E-state index contributed by atoms with van der Waals surface area (Å²) in [5, 5.41) is 2.78. The normalized spacial score (nSPS) is 13.6. The molecule has 1 unspecified atom stereocenters. The third-order valence-corrected chi connectivity index (χ3v) is 7.30. The Hall–Kier alpha value is -3.68. The Morgan fingerprint density at radius 2 is 1.73 bits per heavy atom. The van der Waals surface area contributed by atoms with Crippen LogP contribution in [0.25, 0.3) is 21.6 Å². The van der Waals surface area contributed by atoms with Gasteiger partial charge in [0.15, 0.2) is 0 Å². The average molecular weight is 536 g/mol. The number of carbonyl (C=O) groups excluding carboxylic acids is 2. The number of carbonyl (C=O) groups is 2. The largest absolute Gasteiger partial charge is 0.441 e. The van der Waals surface area contributed by atoms with Crippen molar-refractivity contribution in [3.8, 4) is 27.3 Å². The smallest absolute Gasteiger partial charge is 0.412 e. The van der Waals surface area contributed by atoms with Crippen molar-refractivity contribution in [2.24, 2.45) is 5.92 Å². The van der Waals surface area contributed by atoms with Gasteiger partial charge in [-0.05, 0) is 66.8 Å². The Balaban J connectivity index is 1.36. The number of esters is 1. The molecule has 1 aliphatic rings. The zero-order chi connectivity index (χ0) is 25.9. The van der Waals surface area contributed by atoms with Crippen molar-refractivity contribution >= 4 is 40.7 Å². The van der Waals surface area contributed by atoms with E-state index in [1.54, 1.807) is 37.3 Å². The number of ether oxygens (including phenoxy) is 2. The second-order valence-electron chi connectivity index (χ2n) is 8.79. The lowest BCUT2D eigenvalue weighted by Crippen LogP contribution is -2.16. The zero-order valence-electron chi connectivity index (χ0n) is 19.9. The minimum Gasteiger partial charge on any atom is -0.441 e. The molecule has 1 atom stereocenters. The van der Waals surface area contributed by atoms with Crippen molar-refractivity contribution in [2.75, 3.05) is 5.32 Å². The van der Waals surface area contributed by atoms with Gasteiger partial charge in [0.1, 0.15) is 17.7 Å². The second kappa shape index (κ2) is 10.7. The van der Waals surface area contributed by atoms with Gasteiger partial charge in [0, 0.05) is 5.56 Å². The van der Waals surface area contributed by atoms with Crippen LogP contribution in [-0.4, -0.2) is 12.1 Å². The molecule has 1 N–H and O–H groups in total. The maximum Gasteiger partial charge on any atom is 0.412 e. The highest BCUT2D eigenvalue weighted by atomic mass is 35.5. The Kier molecular flexibility index (Phi) is 7.26. The van der Waals surface area contributed by atoms with Gasteiger partial charge in [-0.25, -0.2) is 9.18 Å². The summed E-state index contributed by atoms with van der Waals surface area (Å²) in [6, 6.07) is 22.7. The molecule has 1 heterocycles. The van der Waals surface area contributed by atoms with E-state index in [1.165, 1.54) is 23.5 Å². The van der Waals surface area contributed by atoms with E-state index >= 15 is 0 Å². The van der Waals surface area contributed by atoms with Crippen molar-refractivity contribution < 1.29 is 23.5 Å². The monoisotopic (exact) mass is 535 g/mol. The molecule has 8 heteroatoms. The van der Waals surface area contributed by atoms with Crippen LogP contribution in [0.3, 0.4) is 0 Å². The topological polar surface area (TPSA) is 64.6 Å². The first-order valence-electron chi connectivity index (χ1n) is 11.8. The molecule has 188 valence electrons. The lowest BCUT2D eigenvalue weighted by molar-refractivity contribution is -0.135. The molecule has 0 bridgehead atoms. The summed E-state index contributed by atoms with van der Waals surface area (Å²) >= 11 is 7.69. The van der Waals surface area contributed by atoms with E-state index in [2.05, 4.69) is 5.32 Å². The van der Waals surface area contributed by atoms with Gasteiger partial charge in [-0.1, -0.05) is 60.1 Å². The number of halogens is 2. The lowest BCUT2D eigenvalue weighted by atomic mass is 9.98. The highest BCUT2D eigenvalue weighted by Gasteiger charge is 2.31. The van der Waals surface area contributed by atoms with Crippen molar-refractivity contribution in [3.05, 3.63) is 94.6 Å². The fourth-order valence-corrected chi connectivity index (χ4v) is 5.16. The highest BCUT2D eigenvalue weighted by molar-refractivity contribution is 7.20. The minimum absolute atomic E-state index is 0.0263. The summed E-state index contributed by atoms with van der Waals surface area (Å²) < 4.78 is 25.0. The molecule has 0 saturated heterocycles. The lowest BCUT2D eigenvalue weighted by Gasteiger charge is -2.15. The Morgan fingerprint density at radius 3 is 2.43 bits per heavy atom. The van der Waals surface area contributed by atoms with Crippen molar-refractivity contribution in [1.82, 2.24) is 0 Å². The van der Waals surface area contributed by atoms with E-state index in [1.807, 2.05) is 36.4 Å². The maximum atomic E-state index is 13.6. The van der Waals surface area contributed by atoms with Gasteiger partial charge in [-0.3, -0.25) is 10.1 Å². The van der Waals surface area contributed by atoms with Gasteiger partial charge < -0.3 is 9.47 Å². The van der Waals surface area contributed by atoms with Gasteiger partial charge in [-0.2, -0.15) is 0 Å². The van der Waals surface area contributed by atoms with Crippen molar-refractivity contribution in [3.63, 3.8) is 0 Å². The SMILES string of the molecule is CC(OC(=O)Nc1cc(Cl)sc1-c1ccccc1-c1ccc(OC(=O)C2CC2)cc1)c1cccc(F)c1. The van der Waals surface area contributed by atoms with Crippen LogP contribution in [-0.2, 0) is 9.53 Å². The van der Waals surface area contributed by atoms with E-state index in [9.17, 15) is 14.0 Å².